The summed E-state index contributed by atoms with van der Waals surface area (Å²) in [5.41, 5.74) is 8.24. The van der Waals surface area contributed by atoms with E-state index in [4.69, 9.17) is 17.3 Å². The third-order valence-corrected chi connectivity index (χ3v) is 2.62. The topological polar surface area (TPSA) is 46.2 Å². The first-order chi connectivity index (χ1) is 6.07. The summed E-state index contributed by atoms with van der Waals surface area (Å²) in [4.78, 5) is 0. The number of rotatable bonds is 2. The first kappa shape index (κ1) is 10.4. The highest BCUT2D eigenvalue weighted by molar-refractivity contribution is 6.32. The highest BCUT2D eigenvalue weighted by atomic mass is 35.5. The van der Waals surface area contributed by atoms with Gasteiger partial charge in [-0.1, -0.05) is 17.7 Å². The van der Waals surface area contributed by atoms with Gasteiger partial charge in [-0.05, 0) is 43.5 Å². The zero-order valence-electron chi connectivity index (χ0n) is 7.89. The molecule has 0 unspecified atom stereocenters. The van der Waals surface area contributed by atoms with Gasteiger partial charge in [-0.2, -0.15) is 0 Å². The van der Waals surface area contributed by atoms with Crippen molar-refractivity contribution >= 4 is 11.6 Å². The van der Waals surface area contributed by atoms with E-state index in [2.05, 4.69) is 0 Å². The van der Waals surface area contributed by atoms with E-state index in [0.29, 0.717) is 18.0 Å². The number of aromatic hydroxyl groups is 1. The fourth-order valence-electron chi connectivity index (χ4n) is 1.44. The first-order valence-electron chi connectivity index (χ1n) is 4.25. The molecule has 0 aliphatic carbocycles. The van der Waals surface area contributed by atoms with Crippen LogP contribution in [-0.4, -0.2) is 11.7 Å². The number of hydrogen-bond acceptors (Lipinski definition) is 2. The van der Waals surface area contributed by atoms with Crippen molar-refractivity contribution in [3.63, 3.8) is 0 Å². The lowest BCUT2D eigenvalue weighted by Crippen LogP contribution is -2.05. The third kappa shape index (κ3) is 1.95. The molecule has 0 spiro atoms. The van der Waals surface area contributed by atoms with Crippen LogP contribution in [0.15, 0.2) is 6.07 Å². The molecule has 0 aliphatic heterocycles. The van der Waals surface area contributed by atoms with Crippen molar-refractivity contribution in [3.05, 3.63) is 27.8 Å². The Morgan fingerprint density at radius 3 is 2.54 bits per heavy atom. The minimum Gasteiger partial charge on any atom is -0.506 e. The van der Waals surface area contributed by atoms with Gasteiger partial charge in [0.25, 0.3) is 0 Å². The second kappa shape index (κ2) is 3.99. The quantitative estimate of drug-likeness (QED) is 0.767. The van der Waals surface area contributed by atoms with Crippen molar-refractivity contribution in [2.24, 2.45) is 5.73 Å². The largest absolute Gasteiger partial charge is 0.506 e. The molecule has 0 atom stereocenters. The molecule has 0 saturated heterocycles. The Kier molecular flexibility index (Phi) is 3.17. The summed E-state index contributed by atoms with van der Waals surface area (Å²) in [6, 6.07) is 1.97. The summed E-state index contributed by atoms with van der Waals surface area (Å²) in [7, 11) is 0. The second-order valence-electron chi connectivity index (χ2n) is 3.19. The molecule has 0 amide bonds. The van der Waals surface area contributed by atoms with Crippen LogP contribution in [0.25, 0.3) is 0 Å². The molecule has 1 aromatic carbocycles. The fraction of sp³-hybridized carbons (Fsp3) is 0.400. The number of benzene rings is 1. The van der Waals surface area contributed by atoms with Crippen LogP contribution in [0.5, 0.6) is 5.75 Å². The summed E-state index contributed by atoms with van der Waals surface area (Å²) in [5.74, 6) is 0.185. The van der Waals surface area contributed by atoms with Gasteiger partial charge in [0.1, 0.15) is 5.75 Å². The SMILES string of the molecule is Cc1cc(C)c(CCN)c(O)c1Cl. The molecule has 0 aromatic heterocycles. The van der Waals surface area contributed by atoms with Crippen molar-refractivity contribution in [1.82, 2.24) is 0 Å². The van der Waals surface area contributed by atoms with Crippen LogP contribution in [0.3, 0.4) is 0 Å². The summed E-state index contributed by atoms with van der Waals surface area (Å²) in [6.45, 7) is 4.35. The average molecular weight is 200 g/mol. The summed E-state index contributed by atoms with van der Waals surface area (Å²) >= 11 is 5.90. The zero-order chi connectivity index (χ0) is 10.0. The second-order valence-corrected chi connectivity index (χ2v) is 3.57. The van der Waals surface area contributed by atoms with E-state index in [9.17, 15) is 5.11 Å². The molecule has 3 N–H and O–H groups in total. The summed E-state index contributed by atoms with van der Waals surface area (Å²) in [5, 5.41) is 10.1. The van der Waals surface area contributed by atoms with E-state index in [1.54, 1.807) is 0 Å². The Labute approximate surface area is 83.3 Å². The van der Waals surface area contributed by atoms with Gasteiger partial charge in [-0.25, -0.2) is 0 Å². The molecule has 13 heavy (non-hydrogen) atoms. The molecule has 1 rings (SSSR count). The van der Waals surface area contributed by atoms with Gasteiger partial charge in [-0.3, -0.25) is 0 Å². The van der Waals surface area contributed by atoms with Crippen LogP contribution in [0.4, 0.5) is 0 Å². The molecule has 0 aliphatic rings. The highest BCUT2D eigenvalue weighted by Gasteiger charge is 2.10. The zero-order valence-corrected chi connectivity index (χ0v) is 8.65. The highest BCUT2D eigenvalue weighted by Crippen LogP contribution is 2.33. The van der Waals surface area contributed by atoms with Crippen LogP contribution in [-0.2, 0) is 6.42 Å². The molecule has 0 saturated carbocycles. The lowest BCUT2D eigenvalue weighted by molar-refractivity contribution is 0.467. The predicted molar refractivity (Wildman–Crippen MR) is 55.3 cm³/mol. The molecular formula is C10H14ClNO. The standard InChI is InChI=1S/C10H14ClNO/c1-6-5-7(2)9(11)10(13)8(6)3-4-12/h5,13H,3-4,12H2,1-2H3. The van der Waals surface area contributed by atoms with Crippen LogP contribution in [0.1, 0.15) is 16.7 Å². The Bertz CT molecular complexity index is 323. The number of halogens is 1. The van der Waals surface area contributed by atoms with Crippen molar-refractivity contribution in [1.29, 1.82) is 0 Å². The van der Waals surface area contributed by atoms with Gasteiger partial charge in [0.2, 0.25) is 0 Å². The maximum Gasteiger partial charge on any atom is 0.137 e. The molecule has 72 valence electrons. The van der Waals surface area contributed by atoms with E-state index in [0.717, 1.165) is 16.7 Å². The lowest BCUT2D eigenvalue weighted by atomic mass is 10.0. The predicted octanol–water partition coefficient (Wildman–Crippen LogP) is 2.16. The van der Waals surface area contributed by atoms with Crippen molar-refractivity contribution < 1.29 is 5.11 Å². The number of phenols is 1. The maximum absolute atomic E-state index is 9.70. The van der Waals surface area contributed by atoms with E-state index >= 15 is 0 Å². The smallest absolute Gasteiger partial charge is 0.137 e. The molecule has 2 nitrogen and oxygen atoms in total. The monoisotopic (exact) mass is 199 g/mol. The molecule has 0 bridgehead atoms. The Balaban J connectivity index is 3.26. The van der Waals surface area contributed by atoms with E-state index in [-0.39, 0.29) is 5.75 Å². The first-order valence-corrected chi connectivity index (χ1v) is 4.63. The Morgan fingerprint density at radius 1 is 1.38 bits per heavy atom. The van der Waals surface area contributed by atoms with Gasteiger partial charge in [-0.15, -0.1) is 0 Å². The number of nitrogens with two attached hydrogens (primary N) is 1. The Hall–Kier alpha value is -0.730. The van der Waals surface area contributed by atoms with Crippen LogP contribution in [0.2, 0.25) is 5.02 Å². The van der Waals surface area contributed by atoms with Crippen molar-refractivity contribution in [2.75, 3.05) is 6.54 Å². The fourth-order valence-corrected chi connectivity index (χ4v) is 1.61. The summed E-state index contributed by atoms with van der Waals surface area (Å²) in [6.07, 6.45) is 0.664. The molecular weight excluding hydrogens is 186 g/mol. The number of aryl methyl sites for hydroxylation is 2. The van der Waals surface area contributed by atoms with Gasteiger partial charge in [0.15, 0.2) is 0 Å². The average Bonchev–Trinajstić information content (AvgIpc) is 2.09. The van der Waals surface area contributed by atoms with E-state index in [1.165, 1.54) is 0 Å². The molecule has 0 fully saturated rings. The normalized spacial score (nSPS) is 10.5. The molecule has 1 aromatic rings. The maximum atomic E-state index is 9.70. The Morgan fingerprint density at radius 2 is 2.00 bits per heavy atom. The van der Waals surface area contributed by atoms with Gasteiger partial charge in [0, 0.05) is 0 Å². The van der Waals surface area contributed by atoms with Gasteiger partial charge in [0.05, 0.1) is 5.02 Å². The number of hydrogen-bond donors (Lipinski definition) is 2. The molecule has 0 heterocycles. The minimum absolute atomic E-state index is 0.185. The third-order valence-electron chi connectivity index (χ3n) is 2.14. The van der Waals surface area contributed by atoms with E-state index < -0.39 is 0 Å². The van der Waals surface area contributed by atoms with Crippen molar-refractivity contribution in [2.45, 2.75) is 20.3 Å². The number of phenolic OH excluding ortho intramolecular Hbond substituents is 1. The van der Waals surface area contributed by atoms with Crippen LogP contribution in [0, 0.1) is 13.8 Å². The molecule has 0 radical (unpaired) electrons. The lowest BCUT2D eigenvalue weighted by Gasteiger charge is -2.10. The van der Waals surface area contributed by atoms with Crippen LogP contribution < -0.4 is 5.73 Å². The van der Waals surface area contributed by atoms with Gasteiger partial charge >= 0.3 is 0 Å². The summed E-state index contributed by atoms with van der Waals surface area (Å²) < 4.78 is 0. The molecule has 3 heteroatoms. The van der Waals surface area contributed by atoms with E-state index in [1.807, 2.05) is 19.9 Å². The van der Waals surface area contributed by atoms with Gasteiger partial charge < -0.3 is 10.8 Å². The van der Waals surface area contributed by atoms with Crippen molar-refractivity contribution in [3.8, 4) is 5.75 Å². The van der Waals surface area contributed by atoms with Crippen LogP contribution >= 0.6 is 11.6 Å². The minimum atomic E-state index is 0.185.